The number of unbranched alkanes of at least 4 members (excludes halogenated alkanes) is 1. The molecular weight excluding hydrogens is 310 g/mol. The number of hydrogen-bond acceptors (Lipinski definition) is 5. The zero-order valence-electron chi connectivity index (χ0n) is 13.5. The highest BCUT2D eigenvalue weighted by Crippen LogP contribution is 2.29. The second-order valence-corrected chi connectivity index (χ2v) is 6.64. The van der Waals surface area contributed by atoms with Crippen LogP contribution < -0.4 is 0 Å². The predicted octanol–water partition coefficient (Wildman–Crippen LogP) is 4.13. The average molecular weight is 329 g/mol. The van der Waals surface area contributed by atoms with Crippen molar-refractivity contribution in [3.05, 3.63) is 34.2 Å². The van der Waals surface area contributed by atoms with E-state index >= 15 is 0 Å². The Morgan fingerprint density at radius 3 is 2.91 bits per heavy atom. The molecule has 0 fully saturated rings. The van der Waals surface area contributed by atoms with Gasteiger partial charge in [-0.25, -0.2) is 4.98 Å². The molecule has 1 amide bonds. The van der Waals surface area contributed by atoms with Crippen LogP contribution in [-0.4, -0.2) is 34.5 Å². The molecule has 2 aromatic heterocycles. The minimum absolute atomic E-state index is 0.0157. The predicted molar refractivity (Wildman–Crippen MR) is 91.7 cm³/mol. The van der Waals surface area contributed by atoms with Crippen molar-refractivity contribution in [3.8, 4) is 11.4 Å². The lowest BCUT2D eigenvalue weighted by molar-refractivity contribution is 0.0793. The number of fused-ring (bicyclic) bond motifs is 1. The largest absolute Gasteiger partial charge is 0.356 e. The Hall–Kier alpha value is -2.21. The number of benzene rings is 1. The molecule has 3 aromatic rings. The van der Waals surface area contributed by atoms with Crippen LogP contribution in [0.1, 0.15) is 35.1 Å². The fraction of sp³-hybridized carbons (Fsp3) is 0.353. The van der Waals surface area contributed by atoms with Crippen molar-refractivity contribution in [3.63, 3.8) is 0 Å². The standard InChI is InChI=1S/C17H19N3O2S/c1-4-5-8-20(3)17(21)12-6-7-15-13(9-12)16(19-22-15)14-10-23-11(2)18-14/h6-7,9-10H,4-5,8H2,1-3H3. The van der Waals surface area contributed by atoms with Crippen LogP contribution in [0.3, 0.4) is 0 Å². The van der Waals surface area contributed by atoms with Gasteiger partial charge in [-0.1, -0.05) is 18.5 Å². The Morgan fingerprint density at radius 2 is 2.22 bits per heavy atom. The van der Waals surface area contributed by atoms with Crippen molar-refractivity contribution in [2.24, 2.45) is 0 Å². The first-order valence-corrected chi connectivity index (χ1v) is 8.55. The number of rotatable bonds is 5. The highest BCUT2D eigenvalue weighted by molar-refractivity contribution is 7.09. The van der Waals surface area contributed by atoms with E-state index in [0.717, 1.165) is 35.5 Å². The second kappa shape index (κ2) is 6.50. The van der Waals surface area contributed by atoms with Crippen molar-refractivity contribution in [1.29, 1.82) is 0 Å². The van der Waals surface area contributed by atoms with Gasteiger partial charge in [0, 0.05) is 24.5 Å². The molecule has 0 aliphatic carbocycles. The van der Waals surface area contributed by atoms with Gasteiger partial charge in [0.15, 0.2) is 5.58 Å². The number of thiazole rings is 1. The Labute approximate surface area is 138 Å². The quantitative estimate of drug-likeness (QED) is 0.706. The molecule has 0 unspecified atom stereocenters. The summed E-state index contributed by atoms with van der Waals surface area (Å²) in [5.41, 5.74) is 2.79. The van der Waals surface area contributed by atoms with Crippen LogP contribution in [0.4, 0.5) is 0 Å². The van der Waals surface area contributed by atoms with E-state index in [1.54, 1.807) is 28.4 Å². The summed E-state index contributed by atoms with van der Waals surface area (Å²) in [6.45, 7) is 4.83. The van der Waals surface area contributed by atoms with Gasteiger partial charge in [0.1, 0.15) is 11.4 Å². The Balaban J connectivity index is 1.96. The molecule has 1 aromatic carbocycles. The topological polar surface area (TPSA) is 59.2 Å². The molecule has 0 radical (unpaired) electrons. The second-order valence-electron chi connectivity index (χ2n) is 5.57. The molecule has 2 heterocycles. The summed E-state index contributed by atoms with van der Waals surface area (Å²) in [5.74, 6) is 0.0157. The number of hydrogen-bond donors (Lipinski definition) is 0. The third kappa shape index (κ3) is 3.12. The van der Waals surface area contributed by atoms with Gasteiger partial charge in [-0.3, -0.25) is 4.79 Å². The van der Waals surface area contributed by atoms with Crippen LogP contribution in [-0.2, 0) is 0 Å². The molecule has 0 atom stereocenters. The van der Waals surface area contributed by atoms with Crippen LogP contribution in [0.2, 0.25) is 0 Å². The van der Waals surface area contributed by atoms with Crippen LogP contribution >= 0.6 is 11.3 Å². The van der Waals surface area contributed by atoms with Gasteiger partial charge in [0.25, 0.3) is 5.91 Å². The van der Waals surface area contributed by atoms with E-state index in [2.05, 4.69) is 17.1 Å². The van der Waals surface area contributed by atoms with Crippen LogP contribution in [0, 0.1) is 6.92 Å². The molecule has 3 rings (SSSR count). The van der Waals surface area contributed by atoms with Crippen LogP contribution in [0.5, 0.6) is 0 Å². The number of nitrogens with zero attached hydrogens (tertiary/aromatic N) is 3. The first-order chi connectivity index (χ1) is 11.1. The van der Waals surface area contributed by atoms with Crippen LogP contribution in [0.15, 0.2) is 28.1 Å². The van der Waals surface area contributed by atoms with Gasteiger partial charge < -0.3 is 9.42 Å². The lowest BCUT2D eigenvalue weighted by Crippen LogP contribution is -2.27. The lowest BCUT2D eigenvalue weighted by atomic mass is 10.1. The monoisotopic (exact) mass is 329 g/mol. The molecule has 0 N–H and O–H groups in total. The Kier molecular flexibility index (Phi) is 4.43. The minimum atomic E-state index is 0.0157. The van der Waals surface area contributed by atoms with E-state index in [0.29, 0.717) is 16.8 Å². The minimum Gasteiger partial charge on any atom is -0.356 e. The summed E-state index contributed by atoms with van der Waals surface area (Å²) < 4.78 is 5.36. The molecule has 6 heteroatoms. The summed E-state index contributed by atoms with van der Waals surface area (Å²) in [6.07, 6.45) is 2.07. The number of carbonyl (C=O) groups is 1. The summed E-state index contributed by atoms with van der Waals surface area (Å²) >= 11 is 1.57. The third-order valence-electron chi connectivity index (χ3n) is 3.77. The molecule has 120 valence electrons. The fourth-order valence-corrected chi connectivity index (χ4v) is 3.04. The van der Waals surface area contributed by atoms with Gasteiger partial charge in [0.05, 0.1) is 10.4 Å². The molecular formula is C17H19N3O2S. The first-order valence-electron chi connectivity index (χ1n) is 7.67. The van der Waals surface area contributed by atoms with Gasteiger partial charge in [-0.15, -0.1) is 11.3 Å². The maximum atomic E-state index is 12.5. The summed E-state index contributed by atoms with van der Waals surface area (Å²) in [7, 11) is 1.83. The van der Waals surface area contributed by atoms with Gasteiger partial charge >= 0.3 is 0 Å². The van der Waals surface area contributed by atoms with E-state index in [1.807, 2.05) is 25.4 Å². The zero-order chi connectivity index (χ0) is 16.4. The molecule has 0 bridgehead atoms. The SMILES string of the molecule is CCCCN(C)C(=O)c1ccc2onc(-c3csc(C)n3)c2c1. The van der Waals surface area contributed by atoms with Crippen molar-refractivity contribution in [2.75, 3.05) is 13.6 Å². The maximum Gasteiger partial charge on any atom is 0.253 e. The normalized spacial score (nSPS) is 11.1. The Morgan fingerprint density at radius 1 is 1.39 bits per heavy atom. The number of amides is 1. The van der Waals surface area contributed by atoms with E-state index in [9.17, 15) is 4.79 Å². The maximum absolute atomic E-state index is 12.5. The number of aromatic nitrogens is 2. The Bertz CT molecular complexity index is 837. The van der Waals surface area contributed by atoms with Crippen molar-refractivity contribution in [2.45, 2.75) is 26.7 Å². The summed E-state index contributed by atoms with van der Waals surface area (Å²) in [4.78, 5) is 18.7. The van der Waals surface area contributed by atoms with E-state index in [4.69, 9.17) is 4.52 Å². The molecule has 0 aliphatic rings. The molecule has 0 spiro atoms. The van der Waals surface area contributed by atoms with E-state index in [-0.39, 0.29) is 5.91 Å². The fourth-order valence-electron chi connectivity index (χ4n) is 2.45. The van der Waals surface area contributed by atoms with Crippen molar-refractivity contribution < 1.29 is 9.32 Å². The van der Waals surface area contributed by atoms with Crippen molar-refractivity contribution >= 4 is 28.2 Å². The molecule has 0 aliphatic heterocycles. The first kappa shape index (κ1) is 15.7. The molecule has 5 nitrogen and oxygen atoms in total. The summed E-state index contributed by atoms with van der Waals surface area (Å²) in [5, 5.41) is 7.87. The zero-order valence-corrected chi connectivity index (χ0v) is 14.3. The smallest absolute Gasteiger partial charge is 0.253 e. The number of aryl methyl sites for hydroxylation is 1. The highest BCUT2D eigenvalue weighted by Gasteiger charge is 2.17. The van der Waals surface area contributed by atoms with E-state index < -0.39 is 0 Å². The van der Waals surface area contributed by atoms with E-state index in [1.165, 1.54) is 0 Å². The lowest BCUT2D eigenvalue weighted by Gasteiger charge is -2.16. The molecule has 23 heavy (non-hydrogen) atoms. The number of carbonyl (C=O) groups excluding carboxylic acids is 1. The molecule has 0 saturated heterocycles. The summed E-state index contributed by atoms with van der Waals surface area (Å²) in [6, 6.07) is 5.43. The van der Waals surface area contributed by atoms with Gasteiger partial charge in [0.2, 0.25) is 0 Å². The molecule has 0 saturated carbocycles. The van der Waals surface area contributed by atoms with Gasteiger partial charge in [-0.05, 0) is 31.5 Å². The highest BCUT2D eigenvalue weighted by atomic mass is 32.1. The van der Waals surface area contributed by atoms with Crippen molar-refractivity contribution in [1.82, 2.24) is 15.0 Å². The van der Waals surface area contributed by atoms with Crippen LogP contribution in [0.25, 0.3) is 22.4 Å². The average Bonchev–Trinajstić information content (AvgIpc) is 3.16. The third-order valence-corrected chi connectivity index (χ3v) is 4.55. The van der Waals surface area contributed by atoms with Gasteiger partial charge in [-0.2, -0.15) is 0 Å².